The van der Waals surface area contributed by atoms with Gasteiger partial charge in [0, 0.05) is 43.1 Å². The summed E-state index contributed by atoms with van der Waals surface area (Å²) >= 11 is 0. The molecule has 1 aromatic rings. The minimum atomic E-state index is -1.33. The van der Waals surface area contributed by atoms with Crippen molar-refractivity contribution in [2.75, 3.05) is 20.3 Å². The Hall–Kier alpha value is -4.39. The summed E-state index contributed by atoms with van der Waals surface area (Å²) in [5.74, 6) is -0.477. The van der Waals surface area contributed by atoms with Crippen LogP contribution in [-0.2, 0) is 39.8 Å². The number of carbonyl (C=O) groups is 5. The number of carbonyl (C=O) groups excluding carboxylic acids is 5. The smallest absolute Gasteiger partial charge is 0.404 e. The molecular formula is C38H46N4O9. The number of benzene rings is 1. The van der Waals surface area contributed by atoms with Gasteiger partial charge in [0.15, 0.2) is 5.72 Å². The Morgan fingerprint density at radius 2 is 1.86 bits per heavy atom. The van der Waals surface area contributed by atoms with E-state index in [1.807, 2.05) is 6.07 Å². The summed E-state index contributed by atoms with van der Waals surface area (Å²) in [5.41, 5.74) is 12.8. The molecule has 13 heteroatoms. The predicted octanol–water partition coefficient (Wildman–Crippen LogP) is 2.93. The first-order valence-electron chi connectivity index (χ1n) is 18.2. The molecule has 0 aromatic heterocycles. The SMILES string of the molecule is CO[C@]12[C@@H](COC(N)=O)C3=C(C(=O)C(C)=C(N)C3=O)N1C[C@@H]1[C@H]2N1C(=O)CCCC(=O)OC1CCC2C3CCc4cc(O)ccc4C3CCC12C. The Morgan fingerprint density at radius 1 is 1.08 bits per heavy atom. The van der Waals surface area contributed by atoms with Gasteiger partial charge in [-0.15, -0.1) is 0 Å². The molecule has 5 N–H and O–H groups in total. The van der Waals surface area contributed by atoms with E-state index >= 15 is 0 Å². The number of primary amides is 1. The molecule has 0 spiro atoms. The minimum absolute atomic E-state index is 0.0800. The first-order valence-corrected chi connectivity index (χ1v) is 18.2. The zero-order valence-electron chi connectivity index (χ0n) is 29.3. The molecule has 0 radical (unpaired) electrons. The normalized spacial score (nSPS) is 35.9. The molecular weight excluding hydrogens is 656 g/mol. The monoisotopic (exact) mass is 702 g/mol. The number of phenolic OH excluding ortho intramolecular Hbond substituents is 1. The summed E-state index contributed by atoms with van der Waals surface area (Å²) in [7, 11) is 1.44. The highest BCUT2D eigenvalue weighted by Crippen LogP contribution is 2.62. The molecule has 3 aliphatic heterocycles. The zero-order chi connectivity index (χ0) is 36.1. The Kier molecular flexibility index (Phi) is 7.82. The first kappa shape index (κ1) is 33.7. The lowest BCUT2D eigenvalue weighted by Crippen LogP contribution is -2.56. The van der Waals surface area contributed by atoms with E-state index in [0.717, 1.165) is 38.5 Å². The lowest BCUT2D eigenvalue weighted by Gasteiger charge is -2.50. The van der Waals surface area contributed by atoms with Crippen molar-refractivity contribution in [1.82, 2.24) is 9.80 Å². The molecule has 4 aliphatic carbocycles. The number of nitrogens with zero attached hydrogens (tertiary/aromatic N) is 2. The molecule has 51 heavy (non-hydrogen) atoms. The Balaban J connectivity index is 0.891. The number of phenols is 1. The summed E-state index contributed by atoms with van der Waals surface area (Å²) in [6.45, 7) is 3.70. The van der Waals surface area contributed by atoms with Crippen LogP contribution in [0.25, 0.3) is 0 Å². The number of Topliss-reactive ketones (excluding diaryl/α,β-unsaturated/α-hetero) is 2. The Labute approximate surface area is 296 Å². The maximum Gasteiger partial charge on any atom is 0.404 e. The topological polar surface area (TPSA) is 192 Å². The van der Waals surface area contributed by atoms with Crippen LogP contribution in [0.2, 0.25) is 0 Å². The number of hydrogen-bond donors (Lipinski definition) is 3. The lowest BCUT2D eigenvalue weighted by atomic mass is 9.55. The van der Waals surface area contributed by atoms with E-state index in [9.17, 15) is 29.1 Å². The zero-order valence-corrected chi connectivity index (χ0v) is 29.3. The number of aromatic hydroxyl groups is 1. The first-order chi connectivity index (χ1) is 24.3. The summed E-state index contributed by atoms with van der Waals surface area (Å²) in [6, 6.07) is 5.01. The van der Waals surface area contributed by atoms with Crippen molar-refractivity contribution in [3.05, 3.63) is 51.9 Å². The average Bonchev–Trinajstić information content (AvgIpc) is 3.42. The number of allylic oxidation sites excluding steroid dienone is 2. The average molecular weight is 703 g/mol. The van der Waals surface area contributed by atoms with Gasteiger partial charge in [-0.2, -0.15) is 0 Å². The van der Waals surface area contributed by atoms with Gasteiger partial charge in [-0.3, -0.25) is 19.2 Å². The Bertz CT molecular complexity index is 1820. The second-order valence-electron chi connectivity index (χ2n) is 15.8. The van der Waals surface area contributed by atoms with Crippen molar-refractivity contribution in [1.29, 1.82) is 0 Å². The summed E-state index contributed by atoms with van der Waals surface area (Å²) in [4.78, 5) is 68.7. The predicted molar refractivity (Wildman–Crippen MR) is 180 cm³/mol. The van der Waals surface area contributed by atoms with Crippen molar-refractivity contribution in [3.63, 3.8) is 0 Å². The van der Waals surface area contributed by atoms with E-state index in [2.05, 4.69) is 13.0 Å². The summed E-state index contributed by atoms with van der Waals surface area (Å²) in [6.07, 6.45) is 5.29. The number of methoxy groups -OCH3 is 1. The van der Waals surface area contributed by atoms with Crippen LogP contribution in [0.1, 0.15) is 82.3 Å². The quantitative estimate of drug-likeness (QED) is 0.205. The van der Waals surface area contributed by atoms with E-state index in [1.54, 1.807) is 15.9 Å². The van der Waals surface area contributed by atoms with Crippen molar-refractivity contribution in [2.24, 2.45) is 34.6 Å². The molecule has 7 aliphatic rings. The number of rotatable bonds is 8. The van der Waals surface area contributed by atoms with E-state index in [0.29, 0.717) is 29.9 Å². The second-order valence-corrected chi connectivity index (χ2v) is 15.8. The third-order valence-corrected chi connectivity index (χ3v) is 13.6. The number of ether oxygens (including phenoxy) is 3. The van der Waals surface area contributed by atoms with Gasteiger partial charge in [0.05, 0.1) is 23.4 Å². The molecule has 272 valence electrons. The largest absolute Gasteiger partial charge is 0.508 e. The number of fused-ring (bicyclic) bond motifs is 9. The fourth-order valence-electron chi connectivity index (χ4n) is 11.3. The van der Waals surface area contributed by atoms with Crippen LogP contribution in [0.4, 0.5) is 4.79 Å². The maximum absolute atomic E-state index is 13.6. The number of amides is 2. The minimum Gasteiger partial charge on any atom is -0.508 e. The third kappa shape index (κ3) is 4.79. The van der Waals surface area contributed by atoms with Crippen LogP contribution in [0.3, 0.4) is 0 Å². The van der Waals surface area contributed by atoms with Crippen molar-refractivity contribution >= 4 is 29.5 Å². The fourth-order valence-corrected chi connectivity index (χ4v) is 11.3. The number of esters is 1. The molecule has 0 bridgehead atoms. The van der Waals surface area contributed by atoms with Gasteiger partial charge in [-0.25, -0.2) is 4.79 Å². The van der Waals surface area contributed by atoms with Crippen LogP contribution < -0.4 is 11.5 Å². The highest BCUT2D eigenvalue weighted by atomic mass is 16.6. The van der Waals surface area contributed by atoms with Crippen molar-refractivity contribution in [2.45, 2.75) is 101 Å². The molecule has 5 unspecified atom stereocenters. The van der Waals surface area contributed by atoms with Gasteiger partial charge in [0.25, 0.3) is 0 Å². The molecule has 1 aromatic carbocycles. The lowest BCUT2D eigenvalue weighted by molar-refractivity contribution is -0.158. The van der Waals surface area contributed by atoms with Gasteiger partial charge in [0.1, 0.15) is 24.5 Å². The maximum atomic E-state index is 13.6. The second kappa shape index (κ2) is 11.8. The molecule has 2 saturated heterocycles. The van der Waals surface area contributed by atoms with Crippen LogP contribution in [0.5, 0.6) is 5.75 Å². The van der Waals surface area contributed by atoms with Crippen molar-refractivity contribution < 1.29 is 43.3 Å². The molecule has 2 amide bonds. The van der Waals surface area contributed by atoms with Crippen molar-refractivity contribution in [3.8, 4) is 5.75 Å². The fraction of sp³-hybridized carbons (Fsp3) is 0.605. The van der Waals surface area contributed by atoms with E-state index in [4.69, 9.17) is 25.7 Å². The van der Waals surface area contributed by atoms with E-state index in [-0.39, 0.29) is 78.0 Å². The number of aryl methyl sites for hydroxylation is 1. The molecule has 13 nitrogen and oxygen atoms in total. The molecule has 9 atom stereocenters. The summed E-state index contributed by atoms with van der Waals surface area (Å²) < 4.78 is 17.4. The number of hydrogen-bond acceptors (Lipinski definition) is 11. The third-order valence-electron chi connectivity index (χ3n) is 13.6. The molecule has 8 rings (SSSR count). The van der Waals surface area contributed by atoms with Crippen LogP contribution in [0, 0.1) is 23.2 Å². The number of piperazine rings is 1. The standard InChI is InChI=1S/C38H46N4O9/c1-18-31(39)34(47)30-25(17-50-36(40)48)38(49-3)35-26(16-41(38)32(30)33(18)46)42(35)28(44)5-4-6-29(45)51-27-12-11-24-23-9-7-19-15-20(43)8-10-21(19)22(23)13-14-37(24,27)2/h8,10,15,22-27,35,43H,4-7,9,11-14,16-17,39H2,1-3H3,(H2,40,48)/t22?,23?,24?,25-,26+,27?,35+,37?,38-,42?/m0/s1. The number of ketones is 2. The highest BCUT2D eigenvalue weighted by molar-refractivity contribution is 6.25. The van der Waals surface area contributed by atoms with Crippen LogP contribution in [-0.4, -0.2) is 88.6 Å². The van der Waals surface area contributed by atoms with Crippen LogP contribution in [0.15, 0.2) is 40.7 Å². The number of nitrogens with two attached hydrogens (primary N) is 2. The Morgan fingerprint density at radius 3 is 2.61 bits per heavy atom. The van der Waals surface area contributed by atoms with E-state index in [1.165, 1.54) is 25.2 Å². The van der Waals surface area contributed by atoms with Gasteiger partial charge in [-0.1, -0.05) is 13.0 Å². The summed E-state index contributed by atoms with van der Waals surface area (Å²) in [5, 5.41) is 10.00. The molecule has 2 saturated carbocycles. The molecule has 3 heterocycles. The van der Waals surface area contributed by atoms with Gasteiger partial charge >= 0.3 is 12.1 Å². The van der Waals surface area contributed by atoms with E-state index < -0.39 is 35.3 Å². The van der Waals surface area contributed by atoms with Gasteiger partial charge < -0.3 is 40.6 Å². The van der Waals surface area contributed by atoms with Gasteiger partial charge in [0.2, 0.25) is 17.5 Å². The molecule has 4 fully saturated rings. The highest BCUT2D eigenvalue weighted by Gasteiger charge is 2.77. The van der Waals surface area contributed by atoms with Crippen LogP contribution >= 0.6 is 0 Å². The van der Waals surface area contributed by atoms with Gasteiger partial charge in [-0.05, 0) is 92.9 Å².